The molecule has 0 atom stereocenters. The zero-order valence-electron chi connectivity index (χ0n) is 16.5. The third kappa shape index (κ3) is 5.10. The zero-order valence-corrected chi connectivity index (χ0v) is 18.1. The average Bonchev–Trinajstić information content (AvgIpc) is 2.98. The normalized spacial score (nSPS) is 16.7. The molecule has 1 aliphatic heterocycles. The molecule has 0 bridgehead atoms. The summed E-state index contributed by atoms with van der Waals surface area (Å²) in [6.45, 7) is 2.76. The minimum absolute atomic E-state index is 0.129. The van der Waals surface area contributed by atoms with Gasteiger partial charge in [-0.15, -0.1) is 0 Å². The number of rotatable bonds is 7. The Labute approximate surface area is 179 Å². The smallest absolute Gasteiger partial charge is 0.266 e. The molecule has 1 saturated heterocycles. The number of benzene rings is 1. The summed E-state index contributed by atoms with van der Waals surface area (Å²) in [5.41, 5.74) is 1.36. The Kier molecular flexibility index (Phi) is 7.17. The lowest BCUT2D eigenvalue weighted by atomic mass is 10.2. The SMILES string of the molecule is CCCCOc1ccc(/C=C2\SC(=Nc3cccnc3Cl)N(C)C2=O)cc1OC. The van der Waals surface area contributed by atoms with Gasteiger partial charge in [-0.2, -0.15) is 0 Å². The summed E-state index contributed by atoms with van der Waals surface area (Å²) >= 11 is 7.36. The highest BCUT2D eigenvalue weighted by molar-refractivity contribution is 8.18. The molecule has 2 aromatic rings. The Morgan fingerprint density at radius 1 is 1.31 bits per heavy atom. The number of pyridine rings is 1. The maximum atomic E-state index is 12.6. The standard InChI is InChI=1S/C21H22ClN3O3S/c1-4-5-11-28-16-9-8-14(12-17(16)27-3)13-18-20(26)25(2)21(29-18)24-15-7-6-10-23-19(15)22/h6-10,12-13H,4-5,11H2,1-3H3/b18-13-,24-21?. The predicted octanol–water partition coefficient (Wildman–Crippen LogP) is 5.16. The number of aromatic nitrogens is 1. The number of aliphatic imine (C=N–C) groups is 1. The molecule has 152 valence electrons. The number of ether oxygens (including phenoxy) is 2. The van der Waals surface area contributed by atoms with E-state index in [2.05, 4.69) is 16.9 Å². The van der Waals surface area contributed by atoms with Crippen molar-refractivity contribution in [2.75, 3.05) is 20.8 Å². The second-order valence-corrected chi connectivity index (χ2v) is 7.66. The van der Waals surface area contributed by atoms with Crippen molar-refractivity contribution >= 4 is 46.2 Å². The maximum Gasteiger partial charge on any atom is 0.266 e. The minimum atomic E-state index is -0.129. The van der Waals surface area contributed by atoms with Crippen LogP contribution >= 0.6 is 23.4 Å². The second kappa shape index (κ2) is 9.80. The van der Waals surface area contributed by atoms with E-state index < -0.39 is 0 Å². The van der Waals surface area contributed by atoms with Gasteiger partial charge >= 0.3 is 0 Å². The van der Waals surface area contributed by atoms with E-state index in [0.717, 1.165) is 18.4 Å². The van der Waals surface area contributed by atoms with Gasteiger partial charge in [-0.3, -0.25) is 9.69 Å². The number of amides is 1. The molecule has 6 nitrogen and oxygen atoms in total. The van der Waals surface area contributed by atoms with E-state index in [1.807, 2.05) is 24.3 Å². The molecule has 0 saturated carbocycles. The lowest BCUT2D eigenvalue weighted by molar-refractivity contribution is -0.121. The van der Waals surface area contributed by atoms with E-state index in [1.54, 1.807) is 32.5 Å². The molecule has 0 unspecified atom stereocenters. The number of halogens is 1. The van der Waals surface area contributed by atoms with Crippen molar-refractivity contribution in [2.45, 2.75) is 19.8 Å². The van der Waals surface area contributed by atoms with Gasteiger partial charge < -0.3 is 9.47 Å². The molecule has 2 heterocycles. The molecule has 8 heteroatoms. The summed E-state index contributed by atoms with van der Waals surface area (Å²) in [6.07, 6.45) is 5.45. The first kappa shape index (κ1) is 21.2. The van der Waals surface area contributed by atoms with Gasteiger partial charge in [0.15, 0.2) is 21.8 Å². The molecule has 3 rings (SSSR count). The number of carbonyl (C=O) groups is 1. The van der Waals surface area contributed by atoms with Crippen LogP contribution in [0.15, 0.2) is 46.4 Å². The number of nitrogens with zero attached hydrogens (tertiary/aromatic N) is 3. The van der Waals surface area contributed by atoms with Gasteiger partial charge in [0.2, 0.25) is 0 Å². The van der Waals surface area contributed by atoms with Crippen molar-refractivity contribution in [1.82, 2.24) is 9.88 Å². The fourth-order valence-electron chi connectivity index (χ4n) is 2.59. The molecule has 0 spiro atoms. The van der Waals surface area contributed by atoms with Crippen LogP contribution in [0, 0.1) is 0 Å². The van der Waals surface area contributed by atoms with Gasteiger partial charge in [0.1, 0.15) is 5.69 Å². The van der Waals surface area contributed by atoms with Crippen molar-refractivity contribution in [3.63, 3.8) is 0 Å². The maximum absolute atomic E-state index is 12.6. The third-order valence-electron chi connectivity index (χ3n) is 4.20. The van der Waals surface area contributed by atoms with Crippen molar-refractivity contribution < 1.29 is 14.3 Å². The van der Waals surface area contributed by atoms with Crippen molar-refractivity contribution in [2.24, 2.45) is 4.99 Å². The molecule has 1 amide bonds. The van der Waals surface area contributed by atoms with E-state index in [9.17, 15) is 4.79 Å². The van der Waals surface area contributed by atoms with Crippen LogP contribution < -0.4 is 9.47 Å². The number of hydrogen-bond acceptors (Lipinski definition) is 6. The van der Waals surface area contributed by atoms with Gasteiger partial charge in [-0.05, 0) is 54.1 Å². The van der Waals surface area contributed by atoms with Crippen LogP contribution in [0.3, 0.4) is 0 Å². The van der Waals surface area contributed by atoms with E-state index in [0.29, 0.717) is 39.0 Å². The molecule has 0 radical (unpaired) electrons. The van der Waals surface area contributed by atoms with Crippen LogP contribution in [0.25, 0.3) is 6.08 Å². The lowest BCUT2D eigenvalue weighted by Gasteiger charge is -2.11. The van der Waals surface area contributed by atoms with Crippen molar-refractivity contribution in [1.29, 1.82) is 0 Å². The number of carbonyl (C=O) groups excluding carboxylic acids is 1. The summed E-state index contributed by atoms with van der Waals surface area (Å²) in [6, 6.07) is 9.12. The lowest BCUT2D eigenvalue weighted by Crippen LogP contribution is -2.23. The van der Waals surface area contributed by atoms with Crippen LogP contribution in [0.5, 0.6) is 11.5 Å². The van der Waals surface area contributed by atoms with Crippen LogP contribution in [-0.2, 0) is 4.79 Å². The minimum Gasteiger partial charge on any atom is -0.493 e. The molecule has 0 N–H and O–H groups in total. The van der Waals surface area contributed by atoms with E-state index in [1.165, 1.54) is 16.7 Å². The Morgan fingerprint density at radius 3 is 2.86 bits per heavy atom. The predicted molar refractivity (Wildman–Crippen MR) is 118 cm³/mol. The quantitative estimate of drug-likeness (QED) is 0.344. The number of thioether (sulfide) groups is 1. The fourth-order valence-corrected chi connectivity index (χ4v) is 3.73. The van der Waals surface area contributed by atoms with Gasteiger partial charge in [0.25, 0.3) is 5.91 Å². The van der Waals surface area contributed by atoms with Crippen LogP contribution in [0.1, 0.15) is 25.3 Å². The number of amidine groups is 1. The van der Waals surface area contributed by atoms with Crippen LogP contribution in [-0.4, -0.2) is 41.7 Å². The Hall–Kier alpha value is -2.51. The van der Waals surface area contributed by atoms with Crippen molar-refractivity contribution in [3.05, 3.63) is 52.2 Å². The van der Waals surface area contributed by atoms with E-state index >= 15 is 0 Å². The average molecular weight is 432 g/mol. The first-order valence-corrected chi connectivity index (χ1v) is 10.4. The van der Waals surface area contributed by atoms with E-state index in [-0.39, 0.29) is 5.91 Å². The number of likely N-dealkylation sites (N-methyl/N-ethyl adjacent to an activating group) is 1. The topological polar surface area (TPSA) is 64.0 Å². The first-order chi connectivity index (χ1) is 14.0. The highest BCUT2D eigenvalue weighted by atomic mass is 35.5. The highest BCUT2D eigenvalue weighted by Gasteiger charge is 2.30. The van der Waals surface area contributed by atoms with Crippen LogP contribution in [0.2, 0.25) is 5.15 Å². The largest absolute Gasteiger partial charge is 0.493 e. The van der Waals surface area contributed by atoms with Crippen molar-refractivity contribution in [3.8, 4) is 11.5 Å². The van der Waals surface area contributed by atoms with Gasteiger partial charge in [-0.1, -0.05) is 31.0 Å². The number of methoxy groups -OCH3 is 1. The molecule has 0 aliphatic carbocycles. The van der Waals surface area contributed by atoms with Gasteiger partial charge in [0.05, 0.1) is 18.6 Å². The molecular formula is C21H22ClN3O3S. The summed E-state index contributed by atoms with van der Waals surface area (Å²) in [5, 5.41) is 0.838. The Balaban J connectivity index is 1.83. The summed E-state index contributed by atoms with van der Waals surface area (Å²) in [5.74, 6) is 1.20. The monoisotopic (exact) mass is 431 g/mol. The zero-order chi connectivity index (χ0) is 20.8. The van der Waals surface area contributed by atoms with Gasteiger partial charge in [-0.25, -0.2) is 9.98 Å². The molecule has 1 fully saturated rings. The van der Waals surface area contributed by atoms with E-state index in [4.69, 9.17) is 21.1 Å². The number of unbranched alkanes of at least 4 members (excludes halogenated alkanes) is 1. The third-order valence-corrected chi connectivity index (χ3v) is 5.55. The second-order valence-electron chi connectivity index (χ2n) is 6.29. The van der Waals surface area contributed by atoms with Crippen LogP contribution in [0.4, 0.5) is 5.69 Å². The Morgan fingerprint density at radius 2 is 2.14 bits per heavy atom. The molecular weight excluding hydrogens is 410 g/mol. The first-order valence-electron chi connectivity index (χ1n) is 9.21. The summed E-state index contributed by atoms with van der Waals surface area (Å²) < 4.78 is 11.2. The summed E-state index contributed by atoms with van der Waals surface area (Å²) in [7, 11) is 3.29. The molecule has 1 aromatic carbocycles. The Bertz CT molecular complexity index is 962. The molecule has 1 aromatic heterocycles. The molecule has 1 aliphatic rings. The summed E-state index contributed by atoms with van der Waals surface area (Å²) in [4.78, 5) is 23.2. The molecule has 29 heavy (non-hydrogen) atoms. The highest BCUT2D eigenvalue weighted by Crippen LogP contribution is 2.36. The number of hydrogen-bond donors (Lipinski definition) is 0. The van der Waals surface area contributed by atoms with Gasteiger partial charge in [0, 0.05) is 13.2 Å². The fraction of sp³-hybridized carbons (Fsp3) is 0.286.